The number of rotatable bonds is 4. The molecule has 0 bridgehead atoms. The summed E-state index contributed by atoms with van der Waals surface area (Å²) >= 11 is 0. The monoisotopic (exact) mass is 286 g/mol. The summed E-state index contributed by atoms with van der Waals surface area (Å²) in [4.78, 5) is 7.05. The fourth-order valence-electron chi connectivity index (χ4n) is 3.20. The average Bonchev–Trinajstić information content (AvgIpc) is 2.79. The number of aromatic nitrogens is 2. The van der Waals surface area contributed by atoms with Crippen LogP contribution in [-0.4, -0.2) is 41.0 Å². The van der Waals surface area contributed by atoms with Crippen molar-refractivity contribution in [2.45, 2.75) is 33.2 Å². The lowest BCUT2D eigenvalue weighted by Gasteiger charge is -2.38. The van der Waals surface area contributed by atoms with Gasteiger partial charge in [-0.05, 0) is 57.5 Å². The molecular formula is C17H26N4. The van der Waals surface area contributed by atoms with E-state index in [0.29, 0.717) is 5.41 Å². The number of imidazole rings is 1. The van der Waals surface area contributed by atoms with Crippen molar-refractivity contribution < 1.29 is 0 Å². The van der Waals surface area contributed by atoms with Crippen LogP contribution in [0.4, 0.5) is 0 Å². The van der Waals surface area contributed by atoms with Crippen LogP contribution < -0.4 is 5.32 Å². The summed E-state index contributed by atoms with van der Waals surface area (Å²) in [6.45, 7) is 8.91. The predicted octanol–water partition coefficient (Wildman–Crippen LogP) is 2.46. The molecule has 1 aliphatic heterocycles. The van der Waals surface area contributed by atoms with Gasteiger partial charge in [0, 0.05) is 19.3 Å². The Morgan fingerprint density at radius 2 is 2.05 bits per heavy atom. The maximum absolute atomic E-state index is 4.62. The minimum atomic E-state index is 0.431. The number of nitrogens with one attached hydrogen (secondary N) is 1. The quantitative estimate of drug-likeness (QED) is 0.937. The van der Waals surface area contributed by atoms with Crippen molar-refractivity contribution in [2.75, 3.05) is 26.7 Å². The summed E-state index contributed by atoms with van der Waals surface area (Å²) in [5, 5.41) is 3.67. The van der Waals surface area contributed by atoms with Crippen LogP contribution in [0.1, 0.15) is 31.2 Å². The van der Waals surface area contributed by atoms with E-state index in [1.807, 2.05) is 6.07 Å². The Labute approximate surface area is 127 Å². The summed E-state index contributed by atoms with van der Waals surface area (Å²) in [5.41, 5.74) is 3.88. The highest BCUT2D eigenvalue weighted by Crippen LogP contribution is 2.29. The van der Waals surface area contributed by atoms with Gasteiger partial charge in [0.1, 0.15) is 5.65 Å². The lowest BCUT2D eigenvalue weighted by atomic mass is 9.80. The van der Waals surface area contributed by atoms with Crippen LogP contribution in [-0.2, 0) is 6.54 Å². The van der Waals surface area contributed by atoms with Crippen molar-refractivity contribution >= 4 is 5.65 Å². The molecule has 114 valence electrons. The highest BCUT2D eigenvalue weighted by Gasteiger charge is 2.28. The Balaban J connectivity index is 1.63. The van der Waals surface area contributed by atoms with Gasteiger partial charge >= 0.3 is 0 Å². The maximum atomic E-state index is 4.62. The third-order valence-corrected chi connectivity index (χ3v) is 4.87. The van der Waals surface area contributed by atoms with Gasteiger partial charge in [0.2, 0.25) is 0 Å². The topological polar surface area (TPSA) is 32.6 Å². The number of pyridine rings is 1. The Bertz CT molecular complexity index is 608. The molecule has 0 saturated carbocycles. The van der Waals surface area contributed by atoms with Crippen molar-refractivity contribution in [2.24, 2.45) is 5.41 Å². The zero-order valence-electron chi connectivity index (χ0n) is 13.4. The van der Waals surface area contributed by atoms with Crippen molar-refractivity contribution in [3.63, 3.8) is 0 Å². The molecule has 0 aromatic carbocycles. The normalized spacial score (nSPS) is 19.2. The molecule has 0 amide bonds. The van der Waals surface area contributed by atoms with Gasteiger partial charge in [-0.1, -0.05) is 13.0 Å². The molecule has 0 atom stereocenters. The highest BCUT2D eigenvalue weighted by molar-refractivity contribution is 5.42. The molecule has 3 heterocycles. The van der Waals surface area contributed by atoms with E-state index < -0.39 is 0 Å². The first-order chi connectivity index (χ1) is 10.1. The maximum Gasteiger partial charge on any atom is 0.137 e. The van der Waals surface area contributed by atoms with E-state index in [1.165, 1.54) is 31.6 Å². The van der Waals surface area contributed by atoms with Crippen LogP contribution in [0.3, 0.4) is 0 Å². The summed E-state index contributed by atoms with van der Waals surface area (Å²) < 4.78 is 2.19. The second-order valence-corrected chi connectivity index (χ2v) is 6.79. The van der Waals surface area contributed by atoms with Gasteiger partial charge in [0.15, 0.2) is 0 Å². The molecule has 4 nitrogen and oxygen atoms in total. The van der Waals surface area contributed by atoms with Crippen LogP contribution in [0.5, 0.6) is 0 Å². The third kappa shape index (κ3) is 3.11. The van der Waals surface area contributed by atoms with Gasteiger partial charge in [0.25, 0.3) is 0 Å². The summed E-state index contributed by atoms with van der Waals surface area (Å²) in [7, 11) is 2.22. The molecule has 1 N–H and O–H groups in total. The van der Waals surface area contributed by atoms with Gasteiger partial charge in [-0.2, -0.15) is 0 Å². The van der Waals surface area contributed by atoms with Gasteiger partial charge in [-0.3, -0.25) is 0 Å². The van der Waals surface area contributed by atoms with Gasteiger partial charge in [-0.15, -0.1) is 0 Å². The molecule has 0 spiro atoms. The molecule has 0 radical (unpaired) electrons. The minimum absolute atomic E-state index is 0.431. The zero-order chi connectivity index (χ0) is 14.9. The van der Waals surface area contributed by atoms with Crippen LogP contribution >= 0.6 is 0 Å². The fourth-order valence-corrected chi connectivity index (χ4v) is 3.20. The number of hydrogen-bond acceptors (Lipinski definition) is 3. The van der Waals surface area contributed by atoms with Crippen molar-refractivity contribution in [3.05, 3.63) is 35.8 Å². The van der Waals surface area contributed by atoms with Gasteiger partial charge in [0.05, 0.1) is 11.4 Å². The van der Waals surface area contributed by atoms with E-state index in [0.717, 1.165) is 24.4 Å². The predicted molar refractivity (Wildman–Crippen MR) is 86.5 cm³/mol. The highest BCUT2D eigenvalue weighted by atomic mass is 15.1. The molecule has 3 rings (SSSR count). The van der Waals surface area contributed by atoms with Crippen molar-refractivity contribution in [3.8, 4) is 0 Å². The molecule has 1 saturated heterocycles. The van der Waals surface area contributed by atoms with E-state index in [1.54, 1.807) is 0 Å². The number of likely N-dealkylation sites (tertiary alicyclic amines) is 1. The van der Waals surface area contributed by atoms with Gasteiger partial charge < -0.3 is 14.6 Å². The molecule has 0 aliphatic carbocycles. The van der Waals surface area contributed by atoms with E-state index >= 15 is 0 Å². The minimum Gasteiger partial charge on any atom is -0.311 e. The summed E-state index contributed by atoms with van der Waals surface area (Å²) in [5.74, 6) is 0. The molecular weight excluding hydrogens is 260 g/mol. The van der Waals surface area contributed by atoms with E-state index in [-0.39, 0.29) is 0 Å². The van der Waals surface area contributed by atoms with Crippen molar-refractivity contribution in [1.29, 1.82) is 0 Å². The fraction of sp³-hybridized carbons (Fsp3) is 0.588. The second-order valence-electron chi connectivity index (χ2n) is 6.79. The molecule has 0 unspecified atom stereocenters. The Morgan fingerprint density at radius 1 is 1.29 bits per heavy atom. The van der Waals surface area contributed by atoms with E-state index in [9.17, 15) is 0 Å². The smallest absolute Gasteiger partial charge is 0.137 e. The molecule has 21 heavy (non-hydrogen) atoms. The van der Waals surface area contributed by atoms with Crippen LogP contribution in [0.2, 0.25) is 0 Å². The SMILES string of the molecule is Cc1nc2ccccn2c1CNCC1(C)CCN(C)CC1. The Morgan fingerprint density at radius 3 is 2.81 bits per heavy atom. The first kappa shape index (κ1) is 14.5. The van der Waals surface area contributed by atoms with Crippen molar-refractivity contribution in [1.82, 2.24) is 19.6 Å². The third-order valence-electron chi connectivity index (χ3n) is 4.87. The first-order valence-electron chi connectivity index (χ1n) is 7.89. The van der Waals surface area contributed by atoms with Crippen LogP contribution in [0.15, 0.2) is 24.4 Å². The van der Waals surface area contributed by atoms with Crippen LogP contribution in [0.25, 0.3) is 5.65 Å². The Kier molecular flexibility index (Phi) is 4.00. The summed E-state index contributed by atoms with van der Waals surface area (Å²) in [6.07, 6.45) is 4.66. The molecule has 2 aromatic rings. The standard InChI is InChI=1S/C17H26N4/c1-14-15(21-9-5-4-6-16(21)19-14)12-18-13-17(2)7-10-20(3)11-8-17/h4-6,9,18H,7-8,10-13H2,1-3H3. The molecule has 1 fully saturated rings. The van der Waals surface area contributed by atoms with Gasteiger partial charge in [-0.25, -0.2) is 4.98 Å². The molecule has 2 aromatic heterocycles. The van der Waals surface area contributed by atoms with E-state index in [2.05, 4.69) is 58.8 Å². The lowest BCUT2D eigenvalue weighted by Crippen LogP contribution is -2.42. The molecule has 4 heteroatoms. The first-order valence-corrected chi connectivity index (χ1v) is 7.89. The second kappa shape index (κ2) is 5.78. The molecule has 1 aliphatic rings. The summed E-state index contributed by atoms with van der Waals surface area (Å²) in [6, 6.07) is 6.17. The van der Waals surface area contributed by atoms with Crippen LogP contribution in [0, 0.1) is 12.3 Å². The zero-order valence-corrected chi connectivity index (χ0v) is 13.4. The Hall–Kier alpha value is -1.39. The largest absolute Gasteiger partial charge is 0.311 e. The number of nitrogens with zero attached hydrogens (tertiary/aromatic N) is 3. The van der Waals surface area contributed by atoms with E-state index in [4.69, 9.17) is 0 Å². The number of hydrogen-bond donors (Lipinski definition) is 1. The number of fused-ring (bicyclic) bond motifs is 1. The average molecular weight is 286 g/mol. The number of piperidine rings is 1. The lowest BCUT2D eigenvalue weighted by molar-refractivity contribution is 0.136. The number of aryl methyl sites for hydroxylation is 1.